The first-order valence-electron chi connectivity index (χ1n) is 6.55. The molecule has 1 aromatic rings. The molecule has 0 radical (unpaired) electrons. The Morgan fingerprint density at radius 3 is 2.61 bits per heavy atom. The van der Waals surface area contributed by atoms with Gasteiger partial charge in [-0.1, -0.05) is 54.1 Å². The Balaban J connectivity index is 2.48. The molecule has 0 aliphatic heterocycles. The van der Waals surface area contributed by atoms with Gasteiger partial charge in [-0.3, -0.25) is 0 Å². The molecule has 0 N–H and O–H groups in total. The first-order chi connectivity index (χ1) is 8.86. The second kappa shape index (κ2) is 6.20. The minimum atomic E-state index is 0.925. The second-order valence-corrected chi connectivity index (χ2v) is 4.60. The minimum absolute atomic E-state index is 0.925. The maximum atomic E-state index is 3.87. The standard InChI is InChI=1S/C18H20/c1-3-9-15-11-5-7-13-17(15)18-14-8-6-12-16(18)10-4-2/h3-5,7-8,11,13-14H,1-2,6,9-10,12H2. The topological polar surface area (TPSA) is 0 Å². The van der Waals surface area contributed by atoms with Crippen LogP contribution in [0.4, 0.5) is 0 Å². The lowest BCUT2D eigenvalue weighted by atomic mass is 9.87. The molecule has 0 nitrogen and oxygen atoms in total. The van der Waals surface area contributed by atoms with Crippen molar-refractivity contribution in [1.82, 2.24) is 0 Å². The van der Waals surface area contributed by atoms with Crippen LogP contribution >= 0.6 is 0 Å². The maximum absolute atomic E-state index is 3.87. The molecular weight excluding hydrogens is 216 g/mol. The molecule has 0 aromatic heterocycles. The second-order valence-electron chi connectivity index (χ2n) is 4.60. The average molecular weight is 236 g/mol. The van der Waals surface area contributed by atoms with Gasteiger partial charge in [-0.15, -0.1) is 13.2 Å². The van der Waals surface area contributed by atoms with Crippen molar-refractivity contribution in [2.45, 2.75) is 25.7 Å². The molecule has 0 spiro atoms. The van der Waals surface area contributed by atoms with Gasteiger partial charge in [-0.2, -0.15) is 0 Å². The summed E-state index contributed by atoms with van der Waals surface area (Å²) in [6.45, 7) is 7.71. The quantitative estimate of drug-likeness (QED) is 0.624. The summed E-state index contributed by atoms with van der Waals surface area (Å²) in [5, 5.41) is 0. The maximum Gasteiger partial charge on any atom is -0.00940 e. The van der Waals surface area contributed by atoms with E-state index in [4.69, 9.17) is 0 Å². The monoisotopic (exact) mass is 236 g/mol. The fourth-order valence-corrected chi connectivity index (χ4v) is 2.49. The highest BCUT2D eigenvalue weighted by Gasteiger charge is 2.11. The number of rotatable bonds is 5. The van der Waals surface area contributed by atoms with Crippen molar-refractivity contribution in [1.29, 1.82) is 0 Å². The summed E-state index contributed by atoms with van der Waals surface area (Å²) in [7, 11) is 0. The molecule has 2 rings (SSSR count). The van der Waals surface area contributed by atoms with Crippen molar-refractivity contribution in [3.63, 3.8) is 0 Å². The first kappa shape index (κ1) is 12.6. The van der Waals surface area contributed by atoms with E-state index in [1.54, 1.807) is 0 Å². The van der Waals surface area contributed by atoms with E-state index in [9.17, 15) is 0 Å². The normalized spacial score (nSPS) is 14.7. The third-order valence-electron chi connectivity index (χ3n) is 3.34. The summed E-state index contributed by atoms with van der Waals surface area (Å²) in [6.07, 6.45) is 12.7. The van der Waals surface area contributed by atoms with E-state index in [-0.39, 0.29) is 0 Å². The van der Waals surface area contributed by atoms with Crippen molar-refractivity contribution in [3.8, 4) is 0 Å². The van der Waals surface area contributed by atoms with E-state index >= 15 is 0 Å². The third kappa shape index (κ3) is 2.70. The summed E-state index contributed by atoms with van der Waals surface area (Å²) >= 11 is 0. The van der Waals surface area contributed by atoms with E-state index in [2.05, 4.69) is 49.6 Å². The van der Waals surface area contributed by atoms with Crippen LogP contribution in [0.25, 0.3) is 5.57 Å². The van der Waals surface area contributed by atoms with Gasteiger partial charge >= 0.3 is 0 Å². The van der Waals surface area contributed by atoms with Crippen molar-refractivity contribution >= 4 is 5.57 Å². The molecule has 0 saturated heterocycles. The Bertz CT molecular complexity index is 501. The lowest BCUT2D eigenvalue weighted by Crippen LogP contribution is -1.98. The highest BCUT2D eigenvalue weighted by molar-refractivity contribution is 5.79. The predicted molar refractivity (Wildman–Crippen MR) is 80.5 cm³/mol. The Morgan fingerprint density at radius 1 is 1.06 bits per heavy atom. The number of hydrogen-bond donors (Lipinski definition) is 0. The van der Waals surface area contributed by atoms with E-state index in [0.29, 0.717) is 0 Å². The van der Waals surface area contributed by atoms with Crippen LogP contribution < -0.4 is 0 Å². The van der Waals surface area contributed by atoms with Crippen LogP contribution in [-0.2, 0) is 6.42 Å². The van der Waals surface area contributed by atoms with Crippen LogP contribution in [0.5, 0.6) is 0 Å². The van der Waals surface area contributed by atoms with Crippen LogP contribution in [-0.4, -0.2) is 0 Å². The van der Waals surface area contributed by atoms with Crippen molar-refractivity contribution < 1.29 is 0 Å². The van der Waals surface area contributed by atoms with Gasteiger partial charge in [0.15, 0.2) is 0 Å². The molecule has 0 atom stereocenters. The Hall–Kier alpha value is -1.82. The molecule has 0 heterocycles. The van der Waals surface area contributed by atoms with Crippen LogP contribution in [0.3, 0.4) is 0 Å². The molecule has 0 bridgehead atoms. The van der Waals surface area contributed by atoms with Gasteiger partial charge in [-0.25, -0.2) is 0 Å². The summed E-state index contributed by atoms with van der Waals surface area (Å²) in [6, 6.07) is 8.62. The molecule has 0 fully saturated rings. The molecule has 0 heteroatoms. The van der Waals surface area contributed by atoms with Gasteiger partial charge in [0.05, 0.1) is 0 Å². The first-order valence-corrected chi connectivity index (χ1v) is 6.55. The van der Waals surface area contributed by atoms with Crippen LogP contribution in [0.1, 0.15) is 30.4 Å². The lowest BCUT2D eigenvalue weighted by Gasteiger charge is -2.17. The largest absolute Gasteiger partial charge is 0.103 e. The molecule has 0 amide bonds. The predicted octanol–water partition coefficient (Wildman–Crippen LogP) is 5.09. The van der Waals surface area contributed by atoms with E-state index in [1.807, 2.05) is 12.2 Å². The number of benzene rings is 1. The molecule has 92 valence electrons. The molecule has 0 unspecified atom stereocenters. The van der Waals surface area contributed by atoms with Gasteiger partial charge in [0.1, 0.15) is 0 Å². The van der Waals surface area contributed by atoms with Gasteiger partial charge in [0, 0.05) is 0 Å². The van der Waals surface area contributed by atoms with Crippen LogP contribution in [0, 0.1) is 0 Å². The Kier molecular flexibility index (Phi) is 4.35. The Labute approximate surface area is 110 Å². The van der Waals surface area contributed by atoms with Crippen molar-refractivity contribution in [2.24, 2.45) is 0 Å². The molecule has 0 saturated carbocycles. The molecule has 18 heavy (non-hydrogen) atoms. The number of hydrogen-bond acceptors (Lipinski definition) is 0. The fourth-order valence-electron chi connectivity index (χ4n) is 2.49. The summed E-state index contributed by atoms with van der Waals surface area (Å²) in [5.41, 5.74) is 5.60. The molecule has 1 aliphatic carbocycles. The zero-order valence-electron chi connectivity index (χ0n) is 10.9. The smallest absolute Gasteiger partial charge is 0.00940 e. The van der Waals surface area contributed by atoms with Crippen molar-refractivity contribution in [3.05, 3.63) is 78.4 Å². The van der Waals surface area contributed by atoms with E-state index in [0.717, 1.165) is 25.7 Å². The molecule has 1 aromatic carbocycles. The SMILES string of the molecule is C=CCC1=C(c2ccccc2CC=C)C=CCC1. The van der Waals surface area contributed by atoms with Crippen molar-refractivity contribution in [2.75, 3.05) is 0 Å². The summed E-state index contributed by atoms with van der Waals surface area (Å²) in [4.78, 5) is 0. The van der Waals surface area contributed by atoms with Gasteiger partial charge in [0.25, 0.3) is 0 Å². The zero-order chi connectivity index (χ0) is 12.8. The average Bonchev–Trinajstić information content (AvgIpc) is 2.41. The molecular formula is C18H20. The highest BCUT2D eigenvalue weighted by Crippen LogP contribution is 2.31. The zero-order valence-corrected chi connectivity index (χ0v) is 10.9. The van der Waals surface area contributed by atoms with Gasteiger partial charge < -0.3 is 0 Å². The summed E-state index contributed by atoms with van der Waals surface area (Å²) in [5.74, 6) is 0. The molecule has 1 aliphatic rings. The minimum Gasteiger partial charge on any atom is -0.103 e. The van der Waals surface area contributed by atoms with Crippen LogP contribution in [0.15, 0.2) is 67.3 Å². The number of allylic oxidation sites excluding steroid dienone is 6. The van der Waals surface area contributed by atoms with Gasteiger partial charge in [0.2, 0.25) is 0 Å². The lowest BCUT2D eigenvalue weighted by molar-refractivity contribution is 0.931. The third-order valence-corrected chi connectivity index (χ3v) is 3.34. The van der Waals surface area contributed by atoms with E-state index in [1.165, 1.54) is 22.3 Å². The fraction of sp³-hybridized carbons (Fsp3) is 0.222. The van der Waals surface area contributed by atoms with Crippen LogP contribution in [0.2, 0.25) is 0 Å². The highest BCUT2D eigenvalue weighted by atomic mass is 14.2. The van der Waals surface area contributed by atoms with Gasteiger partial charge in [-0.05, 0) is 42.4 Å². The summed E-state index contributed by atoms with van der Waals surface area (Å²) < 4.78 is 0. The Morgan fingerprint density at radius 2 is 1.83 bits per heavy atom. The van der Waals surface area contributed by atoms with E-state index < -0.39 is 0 Å².